The van der Waals surface area contributed by atoms with Crippen LogP contribution in [0.3, 0.4) is 0 Å². The van der Waals surface area contributed by atoms with Crippen molar-refractivity contribution in [1.82, 2.24) is 15.5 Å². The van der Waals surface area contributed by atoms with Gasteiger partial charge in [-0.15, -0.1) is 0 Å². The molecule has 2 rings (SSSR count). The average molecular weight is 254 g/mol. The summed E-state index contributed by atoms with van der Waals surface area (Å²) in [4.78, 5) is 0. The van der Waals surface area contributed by atoms with Crippen LogP contribution in [0.25, 0.3) is 0 Å². The first-order valence-electron chi connectivity index (χ1n) is 5.34. The predicted octanol–water partition coefficient (Wildman–Crippen LogP) is 3.05. The highest BCUT2D eigenvalue weighted by atomic mass is 35.5. The number of aromatic amines is 1. The van der Waals surface area contributed by atoms with Crippen LogP contribution in [0.4, 0.5) is 4.39 Å². The van der Waals surface area contributed by atoms with Crippen LogP contribution in [-0.4, -0.2) is 10.2 Å². The van der Waals surface area contributed by atoms with Gasteiger partial charge in [0.25, 0.3) is 0 Å². The van der Waals surface area contributed by atoms with Crippen molar-refractivity contribution in [1.29, 1.82) is 0 Å². The summed E-state index contributed by atoms with van der Waals surface area (Å²) in [5.74, 6) is -0.290. The third-order valence-corrected chi connectivity index (χ3v) is 2.92. The number of nitrogens with one attached hydrogen (secondary N) is 2. The van der Waals surface area contributed by atoms with Gasteiger partial charge in [0.05, 0.1) is 0 Å². The molecule has 1 heterocycles. The van der Waals surface area contributed by atoms with Gasteiger partial charge in [0, 0.05) is 35.1 Å². The van der Waals surface area contributed by atoms with Crippen molar-refractivity contribution in [3.8, 4) is 0 Å². The van der Waals surface area contributed by atoms with Crippen molar-refractivity contribution in [3.63, 3.8) is 0 Å². The summed E-state index contributed by atoms with van der Waals surface area (Å²) in [7, 11) is 0. The standard InChI is InChI=1S/C12H13ClFN3/c1-8(15-7-9-5-6-16-17-9)12-10(13)3-2-4-11(12)14/h2-6,8,15H,7H2,1H3,(H,16,17)/t8-/m0/s1. The quantitative estimate of drug-likeness (QED) is 0.879. The number of hydrogen-bond donors (Lipinski definition) is 2. The Morgan fingerprint density at radius 3 is 2.94 bits per heavy atom. The van der Waals surface area contributed by atoms with Gasteiger partial charge >= 0.3 is 0 Å². The fraction of sp³-hybridized carbons (Fsp3) is 0.250. The van der Waals surface area contributed by atoms with E-state index in [-0.39, 0.29) is 11.9 Å². The molecule has 1 atom stereocenters. The molecule has 0 fully saturated rings. The van der Waals surface area contributed by atoms with Crippen LogP contribution >= 0.6 is 11.6 Å². The minimum Gasteiger partial charge on any atom is -0.304 e. The molecule has 0 unspecified atom stereocenters. The largest absolute Gasteiger partial charge is 0.304 e. The molecule has 17 heavy (non-hydrogen) atoms. The summed E-state index contributed by atoms with van der Waals surface area (Å²) in [5.41, 5.74) is 1.44. The number of aromatic nitrogens is 2. The normalized spacial score (nSPS) is 12.6. The molecule has 0 aliphatic rings. The Bertz CT molecular complexity index is 464. The van der Waals surface area contributed by atoms with Crippen LogP contribution in [0.15, 0.2) is 30.5 Å². The van der Waals surface area contributed by atoms with E-state index in [1.54, 1.807) is 18.3 Å². The topological polar surface area (TPSA) is 40.7 Å². The van der Waals surface area contributed by atoms with Gasteiger partial charge in [-0.1, -0.05) is 17.7 Å². The summed E-state index contributed by atoms with van der Waals surface area (Å²) in [6.45, 7) is 2.46. The zero-order valence-corrected chi connectivity index (χ0v) is 10.1. The summed E-state index contributed by atoms with van der Waals surface area (Å²) < 4.78 is 13.6. The van der Waals surface area contributed by atoms with Crippen LogP contribution in [0.5, 0.6) is 0 Å². The number of rotatable bonds is 4. The van der Waals surface area contributed by atoms with Crippen molar-refractivity contribution in [3.05, 3.63) is 52.6 Å². The Labute approximate surface area is 104 Å². The van der Waals surface area contributed by atoms with E-state index in [0.29, 0.717) is 17.1 Å². The zero-order valence-electron chi connectivity index (χ0n) is 9.37. The van der Waals surface area contributed by atoms with E-state index in [1.165, 1.54) is 6.07 Å². The van der Waals surface area contributed by atoms with Crippen LogP contribution in [0, 0.1) is 5.82 Å². The van der Waals surface area contributed by atoms with Gasteiger partial charge in [0.15, 0.2) is 0 Å². The third-order valence-electron chi connectivity index (χ3n) is 2.59. The van der Waals surface area contributed by atoms with Crippen molar-refractivity contribution < 1.29 is 4.39 Å². The molecule has 0 aliphatic carbocycles. The van der Waals surface area contributed by atoms with Gasteiger partial charge in [-0.2, -0.15) is 5.10 Å². The average Bonchev–Trinajstić information content (AvgIpc) is 2.79. The van der Waals surface area contributed by atoms with E-state index in [0.717, 1.165) is 5.69 Å². The van der Waals surface area contributed by atoms with Crippen molar-refractivity contribution in [2.24, 2.45) is 0 Å². The maximum Gasteiger partial charge on any atom is 0.129 e. The molecule has 0 saturated heterocycles. The number of nitrogens with zero attached hydrogens (tertiary/aromatic N) is 1. The molecule has 0 bridgehead atoms. The van der Waals surface area contributed by atoms with Crippen molar-refractivity contribution in [2.75, 3.05) is 0 Å². The van der Waals surface area contributed by atoms with Gasteiger partial charge in [-0.05, 0) is 25.1 Å². The highest BCUT2D eigenvalue weighted by molar-refractivity contribution is 6.31. The highest BCUT2D eigenvalue weighted by Crippen LogP contribution is 2.25. The van der Waals surface area contributed by atoms with E-state index in [9.17, 15) is 4.39 Å². The second-order valence-corrected chi connectivity index (χ2v) is 4.23. The van der Waals surface area contributed by atoms with E-state index in [2.05, 4.69) is 15.5 Å². The molecule has 0 radical (unpaired) electrons. The molecule has 3 nitrogen and oxygen atoms in total. The monoisotopic (exact) mass is 253 g/mol. The van der Waals surface area contributed by atoms with Gasteiger partial charge in [0.2, 0.25) is 0 Å². The maximum atomic E-state index is 13.6. The molecule has 0 saturated carbocycles. The lowest BCUT2D eigenvalue weighted by molar-refractivity contribution is 0.524. The molecule has 5 heteroatoms. The Morgan fingerprint density at radius 1 is 1.47 bits per heavy atom. The number of H-pyrrole nitrogens is 1. The van der Waals surface area contributed by atoms with Gasteiger partial charge < -0.3 is 5.32 Å². The lowest BCUT2D eigenvalue weighted by atomic mass is 10.1. The van der Waals surface area contributed by atoms with Crippen LogP contribution < -0.4 is 5.32 Å². The molecule has 2 N–H and O–H groups in total. The van der Waals surface area contributed by atoms with E-state index < -0.39 is 0 Å². The Kier molecular flexibility index (Phi) is 3.76. The molecular weight excluding hydrogens is 241 g/mol. The Balaban J connectivity index is 2.07. The number of benzene rings is 1. The summed E-state index contributed by atoms with van der Waals surface area (Å²) in [6.07, 6.45) is 1.68. The van der Waals surface area contributed by atoms with E-state index in [1.807, 2.05) is 13.0 Å². The van der Waals surface area contributed by atoms with E-state index in [4.69, 9.17) is 11.6 Å². The minimum atomic E-state index is -0.290. The van der Waals surface area contributed by atoms with Gasteiger partial charge in [0.1, 0.15) is 5.82 Å². The summed E-state index contributed by atoms with van der Waals surface area (Å²) in [5, 5.41) is 10.3. The lowest BCUT2D eigenvalue weighted by Gasteiger charge is -2.15. The van der Waals surface area contributed by atoms with Crippen molar-refractivity contribution >= 4 is 11.6 Å². The lowest BCUT2D eigenvalue weighted by Crippen LogP contribution is -2.19. The molecule has 90 valence electrons. The molecular formula is C12H13ClFN3. The minimum absolute atomic E-state index is 0.160. The first kappa shape index (κ1) is 12.1. The van der Waals surface area contributed by atoms with Crippen LogP contribution in [0.1, 0.15) is 24.2 Å². The molecule has 0 spiro atoms. The van der Waals surface area contributed by atoms with Gasteiger partial charge in [-0.3, -0.25) is 5.10 Å². The maximum absolute atomic E-state index is 13.6. The number of hydrogen-bond acceptors (Lipinski definition) is 2. The Morgan fingerprint density at radius 2 is 2.29 bits per heavy atom. The predicted molar refractivity (Wildman–Crippen MR) is 65.3 cm³/mol. The van der Waals surface area contributed by atoms with Crippen molar-refractivity contribution in [2.45, 2.75) is 19.5 Å². The first-order chi connectivity index (χ1) is 8.18. The second-order valence-electron chi connectivity index (χ2n) is 3.82. The second kappa shape index (κ2) is 5.29. The zero-order chi connectivity index (χ0) is 12.3. The fourth-order valence-electron chi connectivity index (χ4n) is 1.67. The van der Waals surface area contributed by atoms with Crippen LogP contribution in [0.2, 0.25) is 5.02 Å². The van der Waals surface area contributed by atoms with Gasteiger partial charge in [-0.25, -0.2) is 4.39 Å². The van der Waals surface area contributed by atoms with Crippen LogP contribution in [-0.2, 0) is 6.54 Å². The molecule has 0 amide bonds. The Hall–Kier alpha value is -1.39. The fourth-order valence-corrected chi connectivity index (χ4v) is 2.00. The SMILES string of the molecule is C[C@H](NCc1ccn[nH]1)c1c(F)cccc1Cl. The number of halogens is 2. The third kappa shape index (κ3) is 2.84. The first-order valence-corrected chi connectivity index (χ1v) is 5.72. The smallest absolute Gasteiger partial charge is 0.129 e. The molecule has 1 aromatic heterocycles. The molecule has 1 aromatic carbocycles. The summed E-state index contributed by atoms with van der Waals surface area (Å²) >= 11 is 5.98. The molecule has 2 aromatic rings. The molecule has 0 aliphatic heterocycles. The van der Waals surface area contributed by atoms with E-state index >= 15 is 0 Å². The summed E-state index contributed by atoms with van der Waals surface area (Å²) in [6, 6.07) is 6.40. The highest BCUT2D eigenvalue weighted by Gasteiger charge is 2.14.